The van der Waals surface area contributed by atoms with Crippen LogP contribution in [0.15, 0.2) is 4.58 Å². The first-order valence-electron chi connectivity index (χ1n) is 3.27. The molecule has 0 spiro atoms. The first kappa shape index (κ1) is 11.8. The van der Waals surface area contributed by atoms with Crippen molar-refractivity contribution in [3.8, 4) is 0 Å². The fourth-order valence-corrected chi connectivity index (χ4v) is 0.853. The van der Waals surface area contributed by atoms with Crippen molar-refractivity contribution in [2.75, 3.05) is 12.3 Å². The number of hydrogen-bond donors (Lipinski definition) is 3. The molecular formula is C5H9N3O4S. The molecule has 1 atom stereocenters. The van der Waals surface area contributed by atoms with Gasteiger partial charge in [-0.15, -0.1) is 4.91 Å². The molecule has 0 aliphatic carbocycles. The van der Waals surface area contributed by atoms with Crippen LogP contribution < -0.4 is 11.1 Å². The van der Waals surface area contributed by atoms with Gasteiger partial charge in [-0.3, -0.25) is 9.59 Å². The second-order valence-corrected chi connectivity index (χ2v) is 2.83. The lowest BCUT2D eigenvalue weighted by atomic mass is 10.3. The number of carboxylic acid groups (broad SMARTS) is 1. The van der Waals surface area contributed by atoms with Gasteiger partial charge < -0.3 is 16.2 Å². The third-order valence-corrected chi connectivity index (χ3v) is 1.67. The summed E-state index contributed by atoms with van der Waals surface area (Å²) in [5.74, 6) is -1.73. The topological polar surface area (TPSA) is 122 Å². The molecule has 0 rings (SSSR count). The van der Waals surface area contributed by atoms with E-state index in [1.807, 2.05) is 0 Å². The van der Waals surface area contributed by atoms with Crippen molar-refractivity contribution in [2.45, 2.75) is 6.04 Å². The highest BCUT2D eigenvalue weighted by Gasteiger charge is 2.13. The first-order chi connectivity index (χ1) is 6.07. The van der Waals surface area contributed by atoms with Crippen molar-refractivity contribution < 1.29 is 14.7 Å². The van der Waals surface area contributed by atoms with Crippen LogP contribution in [0.1, 0.15) is 0 Å². The summed E-state index contributed by atoms with van der Waals surface area (Å²) in [6.07, 6.45) is 0. The molecule has 0 aromatic carbocycles. The van der Waals surface area contributed by atoms with Crippen LogP contribution in [0.2, 0.25) is 0 Å². The summed E-state index contributed by atoms with van der Waals surface area (Å²) in [6.45, 7) is -0.480. The zero-order chi connectivity index (χ0) is 10.3. The lowest BCUT2D eigenvalue weighted by Crippen LogP contribution is -2.43. The highest BCUT2D eigenvalue weighted by molar-refractivity contribution is 7.97. The zero-order valence-corrected chi connectivity index (χ0v) is 7.41. The van der Waals surface area contributed by atoms with Crippen molar-refractivity contribution in [1.29, 1.82) is 0 Å². The Balaban J connectivity index is 3.68. The van der Waals surface area contributed by atoms with Gasteiger partial charge in [0.25, 0.3) is 0 Å². The molecule has 7 nitrogen and oxygen atoms in total. The maximum absolute atomic E-state index is 10.9. The van der Waals surface area contributed by atoms with Crippen LogP contribution in [-0.2, 0) is 9.59 Å². The number of hydrogen-bond acceptors (Lipinski definition) is 6. The maximum Gasteiger partial charge on any atom is 0.322 e. The number of nitrogens with one attached hydrogen (secondary N) is 1. The second-order valence-electron chi connectivity index (χ2n) is 2.09. The Kier molecular flexibility index (Phi) is 5.81. The summed E-state index contributed by atoms with van der Waals surface area (Å²) < 4.78 is 2.44. The van der Waals surface area contributed by atoms with Gasteiger partial charge in [0.15, 0.2) is 0 Å². The Labute approximate surface area is 78.2 Å². The van der Waals surface area contributed by atoms with Crippen LogP contribution >= 0.6 is 11.9 Å². The Bertz CT molecular complexity index is 210. The van der Waals surface area contributed by atoms with Gasteiger partial charge in [-0.1, -0.05) is 0 Å². The van der Waals surface area contributed by atoms with E-state index in [1.54, 1.807) is 0 Å². The molecule has 8 heteroatoms. The molecular weight excluding hydrogens is 198 g/mol. The molecule has 0 aliphatic rings. The van der Waals surface area contributed by atoms with Crippen LogP contribution in [0, 0.1) is 4.91 Å². The summed E-state index contributed by atoms with van der Waals surface area (Å²) in [5, 5.41) is 10.3. The summed E-state index contributed by atoms with van der Waals surface area (Å²) >= 11 is 0.615. The summed E-state index contributed by atoms with van der Waals surface area (Å²) in [5.41, 5.74) is 5.26. The monoisotopic (exact) mass is 207 g/mol. The minimum atomic E-state index is -1.15. The van der Waals surface area contributed by atoms with Crippen LogP contribution in [0.5, 0.6) is 0 Å². The zero-order valence-electron chi connectivity index (χ0n) is 6.60. The number of carboxylic acids is 1. The van der Waals surface area contributed by atoms with E-state index in [2.05, 4.69) is 9.90 Å². The predicted octanol–water partition coefficient (Wildman–Crippen LogP) is -1.07. The molecule has 13 heavy (non-hydrogen) atoms. The van der Waals surface area contributed by atoms with Crippen molar-refractivity contribution in [2.24, 2.45) is 10.3 Å². The number of nitrogens with zero attached hydrogens (tertiary/aromatic N) is 1. The van der Waals surface area contributed by atoms with E-state index < -0.39 is 24.5 Å². The summed E-state index contributed by atoms with van der Waals surface area (Å²) in [4.78, 5) is 30.5. The van der Waals surface area contributed by atoms with Crippen molar-refractivity contribution in [3.63, 3.8) is 0 Å². The summed E-state index contributed by atoms with van der Waals surface area (Å²) in [7, 11) is 0. The maximum atomic E-state index is 10.9. The molecule has 0 bridgehead atoms. The molecule has 0 unspecified atom stereocenters. The van der Waals surface area contributed by atoms with E-state index in [0.29, 0.717) is 11.9 Å². The molecule has 0 saturated carbocycles. The molecule has 0 aliphatic heterocycles. The van der Waals surface area contributed by atoms with Crippen molar-refractivity contribution in [3.05, 3.63) is 4.91 Å². The number of carbonyl (C=O) groups excluding carboxylic acids is 1. The fourth-order valence-electron chi connectivity index (χ4n) is 0.480. The van der Waals surface area contributed by atoms with Crippen LogP contribution in [0.25, 0.3) is 0 Å². The fraction of sp³-hybridized carbons (Fsp3) is 0.600. The van der Waals surface area contributed by atoms with E-state index >= 15 is 0 Å². The van der Waals surface area contributed by atoms with E-state index in [0.717, 1.165) is 0 Å². The van der Waals surface area contributed by atoms with Gasteiger partial charge in [0.1, 0.15) is 6.54 Å². The third-order valence-electron chi connectivity index (χ3n) is 1.06. The molecule has 0 saturated heterocycles. The van der Waals surface area contributed by atoms with Crippen molar-refractivity contribution in [1.82, 2.24) is 5.32 Å². The summed E-state index contributed by atoms with van der Waals surface area (Å²) in [6, 6.07) is -0.915. The molecule has 0 fully saturated rings. The van der Waals surface area contributed by atoms with Crippen LogP contribution in [-0.4, -0.2) is 35.3 Å². The van der Waals surface area contributed by atoms with E-state index in [9.17, 15) is 14.5 Å². The first-order valence-corrected chi connectivity index (χ1v) is 4.22. The van der Waals surface area contributed by atoms with Gasteiger partial charge in [0.05, 0.1) is 6.04 Å². The number of nitrogens with two attached hydrogens (primary N) is 1. The molecule has 0 aromatic rings. The molecule has 0 heterocycles. The number of amides is 1. The van der Waals surface area contributed by atoms with Gasteiger partial charge in [-0.05, 0) is 0 Å². The smallest absolute Gasteiger partial charge is 0.322 e. The molecule has 0 radical (unpaired) electrons. The SMILES string of the molecule is N[C@@H](CSN=O)C(=O)NCC(=O)O. The standard InChI is InChI=1S/C5H9N3O4S/c6-3(2-13-8-12)5(11)7-1-4(9)10/h3H,1-2,6H2,(H,7,11)(H,9,10)/t3-/m0/s1. The minimum Gasteiger partial charge on any atom is -0.480 e. The number of rotatable bonds is 6. The third kappa shape index (κ3) is 6.05. The van der Waals surface area contributed by atoms with E-state index in [-0.39, 0.29) is 5.75 Å². The largest absolute Gasteiger partial charge is 0.480 e. The number of nitroso groups, excluding NO2 is 1. The predicted molar refractivity (Wildman–Crippen MR) is 46.9 cm³/mol. The Morgan fingerprint density at radius 2 is 2.23 bits per heavy atom. The second kappa shape index (κ2) is 6.38. The van der Waals surface area contributed by atoms with E-state index in [4.69, 9.17) is 10.8 Å². The average molecular weight is 207 g/mol. The normalized spacial score (nSPS) is 11.8. The molecule has 0 aromatic heterocycles. The lowest BCUT2D eigenvalue weighted by molar-refractivity contribution is -0.138. The van der Waals surface area contributed by atoms with Gasteiger partial charge in [0, 0.05) is 22.3 Å². The average Bonchev–Trinajstić information content (AvgIpc) is 2.10. The van der Waals surface area contributed by atoms with E-state index in [1.165, 1.54) is 0 Å². The Morgan fingerprint density at radius 1 is 1.62 bits per heavy atom. The number of carbonyl (C=O) groups is 2. The van der Waals surface area contributed by atoms with Crippen molar-refractivity contribution >= 4 is 23.8 Å². The Morgan fingerprint density at radius 3 is 2.69 bits per heavy atom. The van der Waals surface area contributed by atoms with Gasteiger partial charge >= 0.3 is 5.97 Å². The lowest BCUT2D eigenvalue weighted by Gasteiger charge is -2.07. The van der Waals surface area contributed by atoms with Gasteiger partial charge in [0.2, 0.25) is 5.91 Å². The van der Waals surface area contributed by atoms with Gasteiger partial charge in [-0.25, -0.2) is 0 Å². The minimum absolute atomic E-state index is 0.0367. The molecule has 4 N–H and O–H groups in total. The highest BCUT2D eigenvalue weighted by atomic mass is 32.2. The molecule has 1 amide bonds. The quantitative estimate of drug-likeness (QED) is 0.376. The highest BCUT2D eigenvalue weighted by Crippen LogP contribution is 2.01. The Hall–Kier alpha value is -1.15. The molecule has 74 valence electrons. The van der Waals surface area contributed by atoms with Crippen LogP contribution in [0.3, 0.4) is 0 Å². The van der Waals surface area contributed by atoms with Gasteiger partial charge in [-0.2, -0.15) is 0 Å². The number of aliphatic carboxylic acids is 1. The van der Waals surface area contributed by atoms with Crippen LogP contribution in [0.4, 0.5) is 0 Å².